The molecule has 2 fully saturated rings. The summed E-state index contributed by atoms with van der Waals surface area (Å²) in [6.07, 6.45) is 7.25. The molecule has 4 rings (SSSR count). The van der Waals surface area contributed by atoms with Gasteiger partial charge in [0.25, 0.3) is 0 Å². The molecule has 0 amide bonds. The fraction of sp³-hybridized carbons (Fsp3) is 0.625. The van der Waals surface area contributed by atoms with Gasteiger partial charge in [-0.25, -0.2) is 0 Å². The number of benzene rings is 1. The molecule has 2 heteroatoms. The Labute approximate surface area is 108 Å². The number of ether oxygens (including phenoxy) is 1. The SMILES string of the molecule is O[C@]12CCCc3ccccc3[C@@]3(CCC[C@H]3C1)O2. The monoisotopic (exact) mass is 244 g/mol. The van der Waals surface area contributed by atoms with Crippen LogP contribution in [0.3, 0.4) is 0 Å². The van der Waals surface area contributed by atoms with E-state index in [1.54, 1.807) is 0 Å². The highest BCUT2D eigenvalue weighted by Gasteiger charge is 2.58. The van der Waals surface area contributed by atoms with E-state index in [1.807, 2.05) is 0 Å². The van der Waals surface area contributed by atoms with Gasteiger partial charge in [-0.2, -0.15) is 0 Å². The smallest absolute Gasteiger partial charge is 0.167 e. The average Bonchev–Trinajstić information content (AvgIpc) is 2.83. The molecule has 1 spiro atoms. The molecule has 2 bridgehead atoms. The fourth-order valence-corrected chi connectivity index (χ4v) is 4.48. The molecule has 2 aliphatic heterocycles. The van der Waals surface area contributed by atoms with Gasteiger partial charge in [0.15, 0.2) is 5.79 Å². The predicted octanol–water partition coefficient (Wildman–Crippen LogP) is 3.13. The number of aryl methyl sites for hydroxylation is 1. The van der Waals surface area contributed by atoms with Crippen LogP contribution in [0.15, 0.2) is 24.3 Å². The van der Waals surface area contributed by atoms with Gasteiger partial charge >= 0.3 is 0 Å². The molecule has 96 valence electrons. The largest absolute Gasteiger partial charge is 0.365 e. The highest BCUT2D eigenvalue weighted by Crippen LogP contribution is 2.59. The zero-order valence-corrected chi connectivity index (χ0v) is 10.7. The van der Waals surface area contributed by atoms with Crippen LogP contribution in [0.4, 0.5) is 0 Å². The van der Waals surface area contributed by atoms with Crippen LogP contribution in [0.1, 0.15) is 49.7 Å². The number of rotatable bonds is 0. The second-order valence-electron chi connectivity index (χ2n) is 6.24. The summed E-state index contributed by atoms with van der Waals surface area (Å²) in [7, 11) is 0. The molecule has 1 saturated carbocycles. The van der Waals surface area contributed by atoms with Crippen molar-refractivity contribution < 1.29 is 9.84 Å². The van der Waals surface area contributed by atoms with E-state index in [1.165, 1.54) is 24.0 Å². The van der Waals surface area contributed by atoms with Gasteiger partial charge in [0.1, 0.15) is 0 Å². The van der Waals surface area contributed by atoms with Gasteiger partial charge in [-0.15, -0.1) is 0 Å². The van der Waals surface area contributed by atoms with E-state index >= 15 is 0 Å². The standard InChI is InChI=1S/C16H20O2/c17-15-9-3-6-12-5-1-2-8-14(12)16(18-15)10-4-7-13(16)11-15/h1-2,5,8,13,17H,3-4,6-7,9-11H2/t13-,15-,16-/m0/s1. The van der Waals surface area contributed by atoms with Crippen molar-refractivity contribution in [1.82, 2.24) is 0 Å². The Morgan fingerprint density at radius 3 is 3.00 bits per heavy atom. The third kappa shape index (κ3) is 1.36. The molecule has 1 aromatic carbocycles. The highest BCUT2D eigenvalue weighted by molar-refractivity contribution is 5.36. The van der Waals surface area contributed by atoms with E-state index < -0.39 is 5.79 Å². The summed E-state index contributed by atoms with van der Waals surface area (Å²) < 4.78 is 6.28. The molecule has 2 heterocycles. The lowest BCUT2D eigenvalue weighted by molar-refractivity contribution is -0.233. The summed E-state index contributed by atoms with van der Waals surface area (Å²) in [5.41, 5.74) is 2.63. The van der Waals surface area contributed by atoms with Crippen LogP contribution >= 0.6 is 0 Å². The molecule has 3 aliphatic rings. The Bertz CT molecular complexity index is 484. The Hall–Kier alpha value is -0.860. The summed E-state index contributed by atoms with van der Waals surface area (Å²) in [4.78, 5) is 0. The first-order valence-electron chi connectivity index (χ1n) is 7.23. The minimum absolute atomic E-state index is 0.175. The van der Waals surface area contributed by atoms with Crippen molar-refractivity contribution in [1.29, 1.82) is 0 Å². The maximum Gasteiger partial charge on any atom is 0.167 e. The summed E-state index contributed by atoms with van der Waals surface area (Å²) in [6, 6.07) is 8.71. The van der Waals surface area contributed by atoms with Gasteiger partial charge < -0.3 is 9.84 Å². The molecular weight excluding hydrogens is 224 g/mol. The van der Waals surface area contributed by atoms with E-state index in [2.05, 4.69) is 24.3 Å². The molecule has 3 atom stereocenters. The minimum atomic E-state index is -0.849. The van der Waals surface area contributed by atoms with E-state index in [9.17, 15) is 5.11 Å². The van der Waals surface area contributed by atoms with E-state index in [0.717, 1.165) is 32.1 Å². The minimum Gasteiger partial charge on any atom is -0.365 e. The molecule has 1 aromatic rings. The van der Waals surface area contributed by atoms with E-state index in [0.29, 0.717) is 5.92 Å². The average molecular weight is 244 g/mol. The number of hydrogen-bond donors (Lipinski definition) is 1. The zero-order chi connectivity index (χ0) is 12.2. The van der Waals surface area contributed by atoms with Crippen molar-refractivity contribution >= 4 is 0 Å². The van der Waals surface area contributed by atoms with Crippen LogP contribution in [-0.4, -0.2) is 10.9 Å². The van der Waals surface area contributed by atoms with Gasteiger partial charge in [0.2, 0.25) is 0 Å². The van der Waals surface area contributed by atoms with Crippen LogP contribution in [0.25, 0.3) is 0 Å². The fourth-order valence-electron chi connectivity index (χ4n) is 4.48. The Morgan fingerprint density at radius 2 is 2.06 bits per heavy atom. The molecule has 2 nitrogen and oxygen atoms in total. The maximum absolute atomic E-state index is 10.6. The topological polar surface area (TPSA) is 29.5 Å². The molecular formula is C16H20O2. The third-order valence-electron chi connectivity index (χ3n) is 5.18. The third-order valence-corrected chi connectivity index (χ3v) is 5.18. The lowest BCUT2D eigenvalue weighted by Gasteiger charge is -2.35. The van der Waals surface area contributed by atoms with Crippen molar-refractivity contribution in [2.45, 2.75) is 56.3 Å². The maximum atomic E-state index is 10.6. The lowest BCUT2D eigenvalue weighted by Crippen LogP contribution is -2.36. The molecule has 0 unspecified atom stereocenters. The van der Waals surface area contributed by atoms with Crippen molar-refractivity contribution in [3.8, 4) is 0 Å². The summed E-state index contributed by atoms with van der Waals surface area (Å²) in [6.45, 7) is 0. The normalized spacial score (nSPS) is 41.9. The second-order valence-corrected chi connectivity index (χ2v) is 6.24. The van der Waals surface area contributed by atoms with E-state index in [4.69, 9.17) is 4.74 Å². The van der Waals surface area contributed by atoms with Gasteiger partial charge in [-0.1, -0.05) is 24.3 Å². The number of fused-ring (bicyclic) bond motifs is 2. The molecule has 0 radical (unpaired) electrons. The van der Waals surface area contributed by atoms with Crippen molar-refractivity contribution in [2.24, 2.45) is 5.92 Å². The molecule has 1 N–H and O–H groups in total. The Morgan fingerprint density at radius 1 is 1.17 bits per heavy atom. The highest BCUT2D eigenvalue weighted by atomic mass is 16.6. The van der Waals surface area contributed by atoms with Gasteiger partial charge in [0.05, 0.1) is 5.60 Å². The van der Waals surface area contributed by atoms with Crippen LogP contribution in [-0.2, 0) is 16.8 Å². The summed E-state index contributed by atoms with van der Waals surface area (Å²) in [5.74, 6) is -0.333. The second kappa shape index (κ2) is 3.58. The van der Waals surface area contributed by atoms with Gasteiger partial charge in [-0.3, -0.25) is 0 Å². The van der Waals surface area contributed by atoms with Crippen molar-refractivity contribution in [3.05, 3.63) is 35.4 Å². The van der Waals surface area contributed by atoms with Crippen molar-refractivity contribution in [3.63, 3.8) is 0 Å². The van der Waals surface area contributed by atoms with Crippen LogP contribution in [0.2, 0.25) is 0 Å². The molecule has 1 aliphatic carbocycles. The first-order valence-corrected chi connectivity index (χ1v) is 7.23. The van der Waals surface area contributed by atoms with Crippen LogP contribution < -0.4 is 0 Å². The van der Waals surface area contributed by atoms with Gasteiger partial charge in [0, 0.05) is 12.8 Å². The van der Waals surface area contributed by atoms with Crippen LogP contribution in [0, 0.1) is 5.92 Å². The lowest BCUT2D eigenvalue weighted by atomic mass is 9.81. The Kier molecular flexibility index (Phi) is 2.19. The van der Waals surface area contributed by atoms with Gasteiger partial charge in [-0.05, 0) is 49.1 Å². The Balaban J connectivity index is 1.91. The molecule has 18 heavy (non-hydrogen) atoms. The molecule has 1 saturated heterocycles. The first kappa shape index (κ1) is 11.0. The number of aliphatic hydroxyl groups is 1. The summed E-state index contributed by atoms with van der Waals surface area (Å²) in [5, 5.41) is 10.6. The van der Waals surface area contributed by atoms with Crippen molar-refractivity contribution in [2.75, 3.05) is 0 Å². The number of hydrogen-bond acceptors (Lipinski definition) is 2. The predicted molar refractivity (Wildman–Crippen MR) is 69.1 cm³/mol. The summed E-state index contributed by atoms with van der Waals surface area (Å²) >= 11 is 0. The quantitative estimate of drug-likeness (QED) is 0.759. The van der Waals surface area contributed by atoms with E-state index in [-0.39, 0.29) is 5.60 Å². The first-order chi connectivity index (χ1) is 8.72. The van der Waals surface area contributed by atoms with Crippen LogP contribution in [0.5, 0.6) is 0 Å². The molecule has 0 aromatic heterocycles. The zero-order valence-electron chi connectivity index (χ0n) is 10.7.